The molecule has 4 heteroatoms. The second-order valence-electron chi connectivity index (χ2n) is 3.83. The van der Waals surface area contributed by atoms with Crippen LogP contribution >= 0.6 is 0 Å². The number of anilines is 1. The summed E-state index contributed by atoms with van der Waals surface area (Å²) in [5.74, 6) is 1.08. The number of piperazine rings is 1. The van der Waals surface area contributed by atoms with Crippen LogP contribution in [0.5, 0.6) is 0 Å². The Kier molecular flexibility index (Phi) is 2.63. The van der Waals surface area contributed by atoms with E-state index in [1.165, 1.54) is 0 Å². The van der Waals surface area contributed by atoms with Crippen LogP contribution in [0, 0.1) is 6.92 Å². The predicted octanol–water partition coefficient (Wildman–Crippen LogP) is 0.583. The van der Waals surface area contributed by atoms with E-state index in [1.54, 1.807) is 6.33 Å². The SMILES string of the molecule is Cc1cncnc1N1CCNC(C)C1. The van der Waals surface area contributed by atoms with E-state index in [0.717, 1.165) is 31.0 Å². The summed E-state index contributed by atoms with van der Waals surface area (Å²) in [6.07, 6.45) is 3.49. The molecule has 2 heterocycles. The van der Waals surface area contributed by atoms with E-state index in [2.05, 4.69) is 34.0 Å². The molecule has 76 valence electrons. The quantitative estimate of drug-likeness (QED) is 0.707. The summed E-state index contributed by atoms with van der Waals surface area (Å²) >= 11 is 0. The van der Waals surface area contributed by atoms with E-state index in [9.17, 15) is 0 Å². The Morgan fingerprint density at radius 1 is 1.57 bits per heavy atom. The van der Waals surface area contributed by atoms with E-state index >= 15 is 0 Å². The third-order valence-corrected chi connectivity index (χ3v) is 2.54. The average molecular weight is 192 g/mol. The van der Waals surface area contributed by atoms with Crippen LogP contribution in [-0.4, -0.2) is 35.6 Å². The van der Waals surface area contributed by atoms with Crippen molar-refractivity contribution in [1.29, 1.82) is 0 Å². The molecule has 1 fully saturated rings. The Balaban J connectivity index is 2.18. The van der Waals surface area contributed by atoms with Crippen molar-refractivity contribution in [3.05, 3.63) is 18.1 Å². The third-order valence-electron chi connectivity index (χ3n) is 2.54. The number of aryl methyl sites for hydroxylation is 1. The molecule has 0 radical (unpaired) electrons. The molecular weight excluding hydrogens is 176 g/mol. The van der Waals surface area contributed by atoms with E-state index in [-0.39, 0.29) is 0 Å². The fourth-order valence-corrected chi connectivity index (χ4v) is 1.85. The molecule has 1 unspecified atom stereocenters. The minimum atomic E-state index is 0.540. The summed E-state index contributed by atoms with van der Waals surface area (Å²) in [5, 5.41) is 3.42. The third kappa shape index (κ3) is 1.85. The van der Waals surface area contributed by atoms with Crippen molar-refractivity contribution >= 4 is 5.82 Å². The van der Waals surface area contributed by atoms with Gasteiger partial charge in [-0.1, -0.05) is 0 Å². The lowest BCUT2D eigenvalue weighted by Crippen LogP contribution is -2.49. The van der Waals surface area contributed by atoms with Crippen molar-refractivity contribution in [3.8, 4) is 0 Å². The van der Waals surface area contributed by atoms with Crippen molar-refractivity contribution < 1.29 is 0 Å². The first kappa shape index (κ1) is 9.40. The van der Waals surface area contributed by atoms with Crippen molar-refractivity contribution in [2.24, 2.45) is 0 Å². The summed E-state index contributed by atoms with van der Waals surface area (Å²) in [7, 11) is 0. The molecule has 0 amide bonds. The number of hydrogen-bond donors (Lipinski definition) is 1. The molecule has 1 N–H and O–H groups in total. The highest BCUT2D eigenvalue weighted by Crippen LogP contribution is 2.16. The molecule has 0 aliphatic carbocycles. The summed E-state index contributed by atoms with van der Waals surface area (Å²) in [4.78, 5) is 10.6. The fourth-order valence-electron chi connectivity index (χ4n) is 1.85. The van der Waals surface area contributed by atoms with E-state index in [4.69, 9.17) is 0 Å². The smallest absolute Gasteiger partial charge is 0.134 e. The van der Waals surface area contributed by atoms with Crippen molar-refractivity contribution in [2.75, 3.05) is 24.5 Å². The molecule has 4 nitrogen and oxygen atoms in total. The lowest BCUT2D eigenvalue weighted by atomic mass is 10.2. The molecule has 1 aromatic rings. The second-order valence-corrected chi connectivity index (χ2v) is 3.83. The number of rotatable bonds is 1. The molecular formula is C10H16N4. The van der Waals surface area contributed by atoms with E-state index < -0.39 is 0 Å². The topological polar surface area (TPSA) is 41.1 Å². The van der Waals surface area contributed by atoms with Gasteiger partial charge in [-0.2, -0.15) is 0 Å². The largest absolute Gasteiger partial charge is 0.353 e. The van der Waals surface area contributed by atoms with Gasteiger partial charge in [0, 0.05) is 37.4 Å². The maximum Gasteiger partial charge on any atom is 0.134 e. The van der Waals surface area contributed by atoms with Crippen molar-refractivity contribution in [2.45, 2.75) is 19.9 Å². The Bertz CT molecular complexity index is 313. The van der Waals surface area contributed by atoms with Gasteiger partial charge in [0.1, 0.15) is 12.1 Å². The van der Waals surface area contributed by atoms with Gasteiger partial charge in [0.05, 0.1) is 0 Å². The molecule has 1 saturated heterocycles. The van der Waals surface area contributed by atoms with Gasteiger partial charge < -0.3 is 10.2 Å². The average Bonchev–Trinajstić information content (AvgIpc) is 2.18. The van der Waals surface area contributed by atoms with Gasteiger partial charge in [-0.05, 0) is 13.8 Å². The molecule has 2 rings (SSSR count). The second kappa shape index (κ2) is 3.92. The molecule has 0 spiro atoms. The maximum atomic E-state index is 4.32. The first-order valence-corrected chi connectivity index (χ1v) is 5.02. The van der Waals surface area contributed by atoms with E-state index in [1.807, 2.05) is 6.20 Å². The van der Waals surface area contributed by atoms with Gasteiger partial charge in [0.2, 0.25) is 0 Å². The molecule has 0 aromatic carbocycles. The van der Waals surface area contributed by atoms with Crippen LogP contribution in [-0.2, 0) is 0 Å². The van der Waals surface area contributed by atoms with Crippen molar-refractivity contribution in [1.82, 2.24) is 15.3 Å². The van der Waals surface area contributed by atoms with Crippen LogP contribution in [0.3, 0.4) is 0 Å². The summed E-state index contributed by atoms with van der Waals surface area (Å²) in [6.45, 7) is 7.34. The van der Waals surface area contributed by atoms with Crippen LogP contribution in [0.25, 0.3) is 0 Å². The predicted molar refractivity (Wildman–Crippen MR) is 56.4 cm³/mol. The summed E-state index contributed by atoms with van der Waals surface area (Å²) < 4.78 is 0. The first-order chi connectivity index (χ1) is 6.77. The molecule has 1 aromatic heterocycles. The van der Waals surface area contributed by atoms with Gasteiger partial charge >= 0.3 is 0 Å². The zero-order valence-electron chi connectivity index (χ0n) is 8.70. The number of nitrogens with zero attached hydrogens (tertiary/aromatic N) is 3. The summed E-state index contributed by atoms with van der Waals surface area (Å²) in [5.41, 5.74) is 1.15. The van der Waals surface area contributed by atoms with Crippen LogP contribution in [0.1, 0.15) is 12.5 Å². The van der Waals surface area contributed by atoms with Gasteiger partial charge in [0.15, 0.2) is 0 Å². The lowest BCUT2D eigenvalue weighted by Gasteiger charge is -2.33. The number of nitrogens with one attached hydrogen (secondary N) is 1. The van der Waals surface area contributed by atoms with Gasteiger partial charge in [-0.25, -0.2) is 9.97 Å². The minimum absolute atomic E-state index is 0.540. The normalized spacial score (nSPS) is 22.4. The standard InChI is InChI=1S/C10H16N4/c1-8-5-11-7-13-10(8)14-4-3-12-9(2)6-14/h5,7,9,12H,3-4,6H2,1-2H3. The molecule has 14 heavy (non-hydrogen) atoms. The number of hydrogen-bond acceptors (Lipinski definition) is 4. The zero-order chi connectivity index (χ0) is 9.97. The maximum absolute atomic E-state index is 4.32. The lowest BCUT2D eigenvalue weighted by molar-refractivity contribution is 0.481. The number of aromatic nitrogens is 2. The van der Waals surface area contributed by atoms with Gasteiger partial charge in [0.25, 0.3) is 0 Å². The molecule has 1 aliphatic rings. The Morgan fingerprint density at radius 3 is 3.14 bits per heavy atom. The molecule has 1 atom stereocenters. The van der Waals surface area contributed by atoms with Crippen LogP contribution in [0.2, 0.25) is 0 Å². The Labute approximate surface area is 84.4 Å². The fraction of sp³-hybridized carbons (Fsp3) is 0.600. The van der Waals surface area contributed by atoms with Gasteiger partial charge in [-0.3, -0.25) is 0 Å². The highest BCUT2D eigenvalue weighted by Gasteiger charge is 2.17. The van der Waals surface area contributed by atoms with Crippen LogP contribution in [0.4, 0.5) is 5.82 Å². The summed E-state index contributed by atoms with van der Waals surface area (Å²) in [6, 6.07) is 0.540. The van der Waals surface area contributed by atoms with Crippen LogP contribution in [0.15, 0.2) is 12.5 Å². The highest BCUT2D eigenvalue weighted by molar-refractivity contribution is 5.45. The van der Waals surface area contributed by atoms with Gasteiger partial charge in [-0.15, -0.1) is 0 Å². The Hall–Kier alpha value is -1.16. The molecule has 0 saturated carbocycles. The van der Waals surface area contributed by atoms with E-state index in [0.29, 0.717) is 6.04 Å². The van der Waals surface area contributed by atoms with Crippen LogP contribution < -0.4 is 10.2 Å². The molecule has 1 aliphatic heterocycles. The first-order valence-electron chi connectivity index (χ1n) is 5.02. The Morgan fingerprint density at radius 2 is 2.43 bits per heavy atom. The van der Waals surface area contributed by atoms with Crippen molar-refractivity contribution in [3.63, 3.8) is 0 Å². The monoisotopic (exact) mass is 192 g/mol. The molecule has 0 bridgehead atoms. The zero-order valence-corrected chi connectivity index (χ0v) is 8.70. The minimum Gasteiger partial charge on any atom is -0.353 e. The highest BCUT2D eigenvalue weighted by atomic mass is 15.2.